The van der Waals surface area contributed by atoms with Gasteiger partial charge in [-0.05, 0) is 36.4 Å². The maximum Gasteiger partial charge on any atom is 0.260 e. The van der Waals surface area contributed by atoms with E-state index in [1.165, 1.54) is 0 Å². The predicted molar refractivity (Wildman–Crippen MR) is 117 cm³/mol. The van der Waals surface area contributed by atoms with Crippen molar-refractivity contribution in [3.8, 4) is 11.5 Å². The normalized spacial score (nSPS) is 14.3. The number of fused-ring (bicyclic) bond motifs is 1. The molecule has 0 saturated carbocycles. The van der Waals surface area contributed by atoms with Crippen molar-refractivity contribution < 1.29 is 14.3 Å². The molecule has 152 valence electrons. The molecule has 2 heterocycles. The highest BCUT2D eigenvalue weighted by Crippen LogP contribution is 2.32. The minimum absolute atomic E-state index is 0.0533. The van der Waals surface area contributed by atoms with Gasteiger partial charge in [0.05, 0.1) is 22.3 Å². The molecule has 1 amide bonds. The first-order chi connectivity index (χ1) is 14.0. The largest absolute Gasteiger partial charge is 0.497 e. The molecule has 4 rings (SSSR count). The minimum Gasteiger partial charge on any atom is -0.497 e. The van der Waals surface area contributed by atoms with Gasteiger partial charge in [0.15, 0.2) is 11.7 Å². The number of carbonyl (C=O) groups is 1. The first kappa shape index (κ1) is 20.1. The van der Waals surface area contributed by atoms with Crippen LogP contribution in [0, 0.1) is 0 Å². The quantitative estimate of drug-likeness (QED) is 0.577. The number of benzene rings is 2. The molecule has 2 aromatic carbocycles. The van der Waals surface area contributed by atoms with Gasteiger partial charge < -0.3 is 19.3 Å². The van der Waals surface area contributed by atoms with Gasteiger partial charge in [-0.15, -0.1) is 0 Å². The Bertz CT molecular complexity index is 1030. The highest BCUT2D eigenvalue weighted by molar-refractivity contribution is 7.22. The molecule has 0 unspecified atom stereocenters. The number of anilines is 1. The summed E-state index contributed by atoms with van der Waals surface area (Å²) in [6.45, 7) is 2.64. The number of ether oxygens (including phenoxy) is 2. The van der Waals surface area contributed by atoms with Gasteiger partial charge in [-0.3, -0.25) is 4.79 Å². The van der Waals surface area contributed by atoms with Crippen molar-refractivity contribution in [3.05, 3.63) is 46.4 Å². The lowest BCUT2D eigenvalue weighted by Gasteiger charge is -2.34. The number of carbonyl (C=O) groups excluding carboxylic acids is 1. The fraction of sp³-hybridized carbons (Fsp3) is 0.300. The Morgan fingerprint density at radius 2 is 1.93 bits per heavy atom. The summed E-state index contributed by atoms with van der Waals surface area (Å²) >= 11 is 13.6. The Kier molecular flexibility index (Phi) is 5.99. The van der Waals surface area contributed by atoms with Crippen molar-refractivity contribution in [1.82, 2.24) is 9.88 Å². The van der Waals surface area contributed by atoms with Crippen LogP contribution in [0.2, 0.25) is 10.0 Å². The van der Waals surface area contributed by atoms with Crippen LogP contribution in [0.5, 0.6) is 11.5 Å². The van der Waals surface area contributed by atoms with Crippen LogP contribution in [0.15, 0.2) is 36.4 Å². The van der Waals surface area contributed by atoms with Gasteiger partial charge in [0.1, 0.15) is 11.5 Å². The van der Waals surface area contributed by atoms with Crippen LogP contribution in [0.25, 0.3) is 10.2 Å². The van der Waals surface area contributed by atoms with Crippen molar-refractivity contribution in [3.63, 3.8) is 0 Å². The fourth-order valence-corrected chi connectivity index (χ4v) is 4.63. The van der Waals surface area contributed by atoms with E-state index in [1.807, 2.05) is 18.2 Å². The number of methoxy groups -OCH3 is 1. The van der Waals surface area contributed by atoms with Crippen molar-refractivity contribution in [2.45, 2.75) is 0 Å². The third-order valence-corrected chi connectivity index (χ3v) is 6.34. The second-order valence-corrected chi connectivity index (χ2v) is 8.41. The first-order valence-corrected chi connectivity index (χ1v) is 10.7. The Hall–Kier alpha value is -2.22. The zero-order chi connectivity index (χ0) is 20.4. The number of thiazole rings is 1. The van der Waals surface area contributed by atoms with Crippen molar-refractivity contribution in [1.29, 1.82) is 0 Å². The molecule has 0 radical (unpaired) electrons. The molecule has 3 aromatic rings. The van der Waals surface area contributed by atoms with E-state index < -0.39 is 0 Å². The smallest absolute Gasteiger partial charge is 0.260 e. The highest BCUT2D eigenvalue weighted by Gasteiger charge is 2.23. The Morgan fingerprint density at radius 3 is 2.66 bits per heavy atom. The van der Waals surface area contributed by atoms with E-state index in [1.54, 1.807) is 41.5 Å². The molecule has 0 spiro atoms. The number of hydrogen-bond acceptors (Lipinski definition) is 6. The van der Waals surface area contributed by atoms with E-state index >= 15 is 0 Å². The maximum absolute atomic E-state index is 12.5. The average molecular weight is 452 g/mol. The molecular formula is C20H19Cl2N3O3S. The van der Waals surface area contributed by atoms with Gasteiger partial charge in [-0.25, -0.2) is 4.98 Å². The molecule has 1 saturated heterocycles. The highest BCUT2D eigenvalue weighted by atomic mass is 35.5. The van der Waals surface area contributed by atoms with Gasteiger partial charge in [0.25, 0.3) is 5.91 Å². The summed E-state index contributed by atoms with van der Waals surface area (Å²) in [6.07, 6.45) is 0. The van der Waals surface area contributed by atoms with E-state index in [-0.39, 0.29) is 12.5 Å². The lowest BCUT2D eigenvalue weighted by molar-refractivity contribution is -0.133. The number of nitrogens with zero attached hydrogens (tertiary/aromatic N) is 3. The van der Waals surface area contributed by atoms with E-state index in [4.69, 9.17) is 37.7 Å². The van der Waals surface area contributed by atoms with Crippen molar-refractivity contribution in [2.75, 3.05) is 44.8 Å². The predicted octanol–water partition coefficient (Wildman–Crippen LogP) is 4.34. The number of rotatable bonds is 5. The van der Waals surface area contributed by atoms with E-state index in [2.05, 4.69) is 4.90 Å². The second kappa shape index (κ2) is 8.65. The Balaban J connectivity index is 1.33. The van der Waals surface area contributed by atoms with Crippen LogP contribution in [-0.2, 0) is 4.79 Å². The summed E-state index contributed by atoms with van der Waals surface area (Å²) in [5.41, 5.74) is 0.956. The molecule has 0 aliphatic carbocycles. The summed E-state index contributed by atoms with van der Waals surface area (Å²) in [6, 6.07) is 10.8. The van der Waals surface area contributed by atoms with E-state index in [0.717, 1.165) is 34.2 Å². The Labute approximate surface area is 182 Å². The summed E-state index contributed by atoms with van der Waals surface area (Å²) in [5.74, 6) is 1.21. The molecule has 9 heteroatoms. The molecule has 1 aromatic heterocycles. The van der Waals surface area contributed by atoms with Gasteiger partial charge in [0, 0.05) is 31.2 Å². The molecule has 0 bridgehead atoms. The molecular weight excluding hydrogens is 433 g/mol. The van der Waals surface area contributed by atoms with Gasteiger partial charge >= 0.3 is 0 Å². The lowest BCUT2D eigenvalue weighted by atomic mass is 10.3. The zero-order valence-electron chi connectivity index (χ0n) is 15.7. The van der Waals surface area contributed by atoms with Crippen LogP contribution < -0.4 is 14.4 Å². The number of piperazine rings is 1. The second-order valence-electron chi connectivity index (χ2n) is 6.56. The number of aromatic nitrogens is 1. The zero-order valence-corrected chi connectivity index (χ0v) is 18.1. The minimum atomic E-state index is -0.0651. The van der Waals surface area contributed by atoms with Crippen LogP contribution in [0.3, 0.4) is 0 Å². The third kappa shape index (κ3) is 4.52. The number of amides is 1. The van der Waals surface area contributed by atoms with Crippen LogP contribution >= 0.6 is 34.5 Å². The molecule has 1 aliphatic heterocycles. The van der Waals surface area contributed by atoms with Gasteiger partial charge in [-0.2, -0.15) is 0 Å². The Morgan fingerprint density at radius 1 is 1.14 bits per heavy atom. The first-order valence-electron chi connectivity index (χ1n) is 9.08. The average Bonchev–Trinajstić information content (AvgIpc) is 3.16. The lowest BCUT2D eigenvalue weighted by Crippen LogP contribution is -2.50. The van der Waals surface area contributed by atoms with E-state index in [0.29, 0.717) is 28.9 Å². The summed E-state index contributed by atoms with van der Waals surface area (Å²) in [4.78, 5) is 21.2. The van der Waals surface area contributed by atoms with Crippen LogP contribution in [0.1, 0.15) is 0 Å². The van der Waals surface area contributed by atoms with Crippen LogP contribution in [0.4, 0.5) is 5.13 Å². The van der Waals surface area contributed by atoms with Crippen LogP contribution in [-0.4, -0.2) is 55.7 Å². The standard InChI is InChI=1S/C20H19Cl2N3O3S/c1-27-14-3-4-16-18(11-14)29-20(23-16)25-8-6-24(7-9-25)19(26)12-28-17-5-2-13(21)10-15(17)22/h2-5,10-11H,6-9,12H2,1H3. The maximum atomic E-state index is 12.5. The van der Waals surface area contributed by atoms with Gasteiger partial charge in [0.2, 0.25) is 0 Å². The molecule has 6 nitrogen and oxygen atoms in total. The summed E-state index contributed by atoms with van der Waals surface area (Å²) < 4.78 is 11.9. The SMILES string of the molecule is COc1ccc2nc(N3CCN(C(=O)COc4ccc(Cl)cc4Cl)CC3)sc2c1. The molecule has 1 aliphatic rings. The van der Waals surface area contributed by atoms with E-state index in [9.17, 15) is 4.79 Å². The fourth-order valence-electron chi connectivity index (χ4n) is 3.13. The number of halogens is 2. The molecule has 1 fully saturated rings. The number of hydrogen-bond donors (Lipinski definition) is 0. The monoisotopic (exact) mass is 451 g/mol. The molecule has 0 atom stereocenters. The van der Waals surface area contributed by atoms with Crippen molar-refractivity contribution in [2.24, 2.45) is 0 Å². The molecule has 29 heavy (non-hydrogen) atoms. The summed E-state index contributed by atoms with van der Waals surface area (Å²) in [7, 11) is 1.66. The van der Waals surface area contributed by atoms with Gasteiger partial charge in [-0.1, -0.05) is 34.5 Å². The van der Waals surface area contributed by atoms with Crippen molar-refractivity contribution >= 4 is 55.8 Å². The third-order valence-electron chi connectivity index (χ3n) is 4.73. The topological polar surface area (TPSA) is 54.9 Å². The molecule has 0 N–H and O–H groups in total. The summed E-state index contributed by atoms with van der Waals surface area (Å²) in [5, 5.41) is 1.88.